The lowest BCUT2D eigenvalue weighted by Crippen LogP contribution is -2.51. The Balaban J connectivity index is 1.68. The van der Waals surface area contributed by atoms with Gasteiger partial charge in [0.15, 0.2) is 0 Å². The second-order valence-corrected chi connectivity index (χ2v) is 11.7. The molecule has 0 saturated heterocycles. The average molecular weight is 586 g/mol. The molecule has 0 aliphatic rings. The van der Waals surface area contributed by atoms with E-state index in [1.165, 1.54) is 17.0 Å². The number of anilines is 1. The van der Waals surface area contributed by atoms with E-state index in [0.717, 1.165) is 15.4 Å². The minimum absolute atomic E-state index is 0.0456. The van der Waals surface area contributed by atoms with Crippen LogP contribution in [0.25, 0.3) is 0 Å². The van der Waals surface area contributed by atoms with Crippen molar-refractivity contribution in [3.63, 3.8) is 0 Å². The van der Waals surface area contributed by atoms with Crippen LogP contribution in [0.1, 0.15) is 25.0 Å². The number of hydrogen-bond acceptors (Lipinski definition) is 5. The SMILES string of the molecule is CCNC(=O)[C@@H](C)N(Cc1ccc(C)cc1)C(=O)CN(c1ccc(Oc2ccccc2)cc1)S(=O)(=O)c1ccccc1. The van der Waals surface area contributed by atoms with E-state index >= 15 is 0 Å². The van der Waals surface area contributed by atoms with E-state index in [1.54, 1.807) is 56.3 Å². The number of sulfonamides is 1. The van der Waals surface area contributed by atoms with Crippen molar-refractivity contribution in [2.24, 2.45) is 0 Å². The first-order valence-electron chi connectivity index (χ1n) is 13.7. The van der Waals surface area contributed by atoms with E-state index in [4.69, 9.17) is 4.74 Å². The van der Waals surface area contributed by atoms with Crippen LogP contribution in [0.3, 0.4) is 0 Å². The molecule has 4 aromatic carbocycles. The van der Waals surface area contributed by atoms with Gasteiger partial charge in [-0.05, 0) is 74.9 Å². The zero-order valence-electron chi connectivity index (χ0n) is 23.9. The highest BCUT2D eigenvalue weighted by Gasteiger charge is 2.32. The van der Waals surface area contributed by atoms with Crippen LogP contribution in [0.4, 0.5) is 5.69 Å². The zero-order valence-corrected chi connectivity index (χ0v) is 24.8. The van der Waals surface area contributed by atoms with Gasteiger partial charge in [0, 0.05) is 13.1 Å². The third-order valence-electron chi connectivity index (χ3n) is 6.71. The summed E-state index contributed by atoms with van der Waals surface area (Å²) < 4.78 is 34.8. The minimum Gasteiger partial charge on any atom is -0.457 e. The fraction of sp³-hybridized carbons (Fsp3) is 0.212. The predicted molar refractivity (Wildman–Crippen MR) is 164 cm³/mol. The Bertz CT molecular complexity index is 1580. The van der Waals surface area contributed by atoms with Crippen LogP contribution in [-0.4, -0.2) is 44.3 Å². The van der Waals surface area contributed by atoms with Crippen LogP contribution in [0.2, 0.25) is 0 Å². The summed E-state index contributed by atoms with van der Waals surface area (Å²) in [6.07, 6.45) is 0. The van der Waals surface area contributed by atoms with Crippen LogP contribution < -0.4 is 14.4 Å². The largest absolute Gasteiger partial charge is 0.457 e. The molecule has 0 saturated carbocycles. The molecular weight excluding hydrogens is 550 g/mol. The minimum atomic E-state index is -4.14. The number of nitrogens with zero attached hydrogens (tertiary/aromatic N) is 2. The fourth-order valence-corrected chi connectivity index (χ4v) is 5.78. The molecule has 218 valence electrons. The van der Waals surface area contributed by atoms with Crippen molar-refractivity contribution in [3.05, 3.63) is 120 Å². The number of hydrogen-bond donors (Lipinski definition) is 1. The first-order valence-corrected chi connectivity index (χ1v) is 15.2. The Labute approximate surface area is 247 Å². The summed E-state index contributed by atoms with van der Waals surface area (Å²) in [6, 6.07) is 30.5. The summed E-state index contributed by atoms with van der Waals surface area (Å²) in [4.78, 5) is 28.3. The van der Waals surface area contributed by atoms with Gasteiger partial charge in [-0.1, -0.05) is 66.2 Å². The topological polar surface area (TPSA) is 96.0 Å². The number of amides is 2. The van der Waals surface area contributed by atoms with E-state index < -0.39 is 28.5 Å². The van der Waals surface area contributed by atoms with Crippen LogP contribution in [0, 0.1) is 6.92 Å². The third kappa shape index (κ3) is 7.55. The van der Waals surface area contributed by atoms with Gasteiger partial charge in [0.05, 0.1) is 10.6 Å². The lowest BCUT2D eigenvalue weighted by molar-refractivity contribution is -0.139. The molecule has 9 heteroatoms. The van der Waals surface area contributed by atoms with Crippen molar-refractivity contribution in [1.82, 2.24) is 10.2 Å². The molecule has 1 atom stereocenters. The predicted octanol–water partition coefficient (Wildman–Crippen LogP) is 5.54. The van der Waals surface area contributed by atoms with Gasteiger partial charge in [-0.25, -0.2) is 8.42 Å². The molecule has 42 heavy (non-hydrogen) atoms. The van der Waals surface area contributed by atoms with Crippen LogP contribution >= 0.6 is 0 Å². The normalized spacial score (nSPS) is 11.8. The first-order chi connectivity index (χ1) is 20.2. The standard InChI is InChI=1S/C33H35N3O5S/c1-4-34-33(38)26(3)35(23-27-17-15-25(2)16-18-27)32(37)24-36(42(39,40)31-13-9-6-10-14-31)28-19-21-30(22-20-28)41-29-11-7-5-8-12-29/h5-22,26H,4,23-24H2,1-3H3,(H,34,38)/t26-/m1/s1. The number of para-hydroxylation sites is 1. The quantitative estimate of drug-likeness (QED) is 0.236. The van der Waals surface area contributed by atoms with Crippen molar-refractivity contribution >= 4 is 27.5 Å². The lowest BCUT2D eigenvalue weighted by atomic mass is 10.1. The lowest BCUT2D eigenvalue weighted by Gasteiger charge is -2.32. The van der Waals surface area contributed by atoms with Crippen molar-refractivity contribution in [3.8, 4) is 11.5 Å². The van der Waals surface area contributed by atoms with E-state index in [1.807, 2.05) is 61.5 Å². The number of rotatable bonds is 12. The molecule has 0 radical (unpaired) electrons. The zero-order chi connectivity index (χ0) is 30.1. The molecule has 0 aliphatic carbocycles. The molecule has 0 heterocycles. The molecule has 4 aromatic rings. The van der Waals surface area contributed by atoms with Gasteiger partial charge in [0.2, 0.25) is 11.8 Å². The van der Waals surface area contributed by atoms with Crippen molar-refractivity contribution < 1.29 is 22.7 Å². The van der Waals surface area contributed by atoms with Crippen molar-refractivity contribution in [2.75, 3.05) is 17.4 Å². The summed E-state index contributed by atoms with van der Waals surface area (Å²) in [6.45, 7) is 5.44. The number of ether oxygens (including phenoxy) is 1. The average Bonchev–Trinajstić information content (AvgIpc) is 3.00. The molecule has 8 nitrogen and oxygen atoms in total. The van der Waals surface area contributed by atoms with Gasteiger partial charge >= 0.3 is 0 Å². The smallest absolute Gasteiger partial charge is 0.264 e. The van der Waals surface area contributed by atoms with Gasteiger partial charge in [-0.2, -0.15) is 0 Å². The van der Waals surface area contributed by atoms with Crippen LogP contribution in [-0.2, 0) is 26.2 Å². The highest BCUT2D eigenvalue weighted by molar-refractivity contribution is 7.92. The van der Waals surface area contributed by atoms with E-state index in [0.29, 0.717) is 18.0 Å². The Morgan fingerprint density at radius 3 is 1.98 bits per heavy atom. The molecule has 2 amide bonds. The highest BCUT2D eigenvalue weighted by atomic mass is 32.2. The summed E-state index contributed by atoms with van der Waals surface area (Å²) in [7, 11) is -4.14. The van der Waals surface area contributed by atoms with Crippen molar-refractivity contribution in [2.45, 2.75) is 38.3 Å². The number of benzene rings is 4. The summed E-state index contributed by atoms with van der Waals surface area (Å²) in [5.41, 5.74) is 2.17. The summed E-state index contributed by atoms with van der Waals surface area (Å²) >= 11 is 0. The molecule has 1 N–H and O–H groups in total. The number of carbonyl (C=O) groups is 2. The maximum absolute atomic E-state index is 13.9. The van der Waals surface area contributed by atoms with Crippen LogP contribution in [0.5, 0.6) is 11.5 Å². The van der Waals surface area contributed by atoms with Gasteiger partial charge in [-0.15, -0.1) is 0 Å². The van der Waals surface area contributed by atoms with E-state index in [2.05, 4.69) is 5.32 Å². The van der Waals surface area contributed by atoms with E-state index in [-0.39, 0.29) is 23.0 Å². The molecule has 0 fully saturated rings. The monoisotopic (exact) mass is 585 g/mol. The molecular formula is C33H35N3O5S. The first kappa shape index (κ1) is 30.3. The summed E-state index contributed by atoms with van der Waals surface area (Å²) in [5.74, 6) is 0.316. The number of likely N-dealkylation sites (N-methyl/N-ethyl adjacent to an activating group) is 1. The molecule has 4 rings (SSSR count). The molecule has 0 bridgehead atoms. The number of carbonyl (C=O) groups excluding carboxylic acids is 2. The Kier molecular flexibility index (Phi) is 9.98. The highest BCUT2D eigenvalue weighted by Crippen LogP contribution is 2.28. The van der Waals surface area contributed by atoms with Gasteiger partial charge in [-0.3, -0.25) is 13.9 Å². The second-order valence-electron chi connectivity index (χ2n) is 9.81. The number of nitrogens with one attached hydrogen (secondary N) is 1. The summed E-state index contributed by atoms with van der Waals surface area (Å²) in [5, 5.41) is 2.76. The van der Waals surface area contributed by atoms with Crippen molar-refractivity contribution in [1.29, 1.82) is 0 Å². The maximum Gasteiger partial charge on any atom is 0.264 e. The van der Waals surface area contributed by atoms with Crippen LogP contribution in [0.15, 0.2) is 114 Å². The molecule has 0 aliphatic heterocycles. The Morgan fingerprint density at radius 2 is 1.38 bits per heavy atom. The van der Waals surface area contributed by atoms with Gasteiger partial charge in [0.1, 0.15) is 24.1 Å². The Morgan fingerprint density at radius 1 is 0.810 bits per heavy atom. The fourth-order valence-electron chi connectivity index (χ4n) is 4.35. The second kappa shape index (κ2) is 13.8. The third-order valence-corrected chi connectivity index (χ3v) is 8.49. The van der Waals surface area contributed by atoms with E-state index in [9.17, 15) is 18.0 Å². The Hall–Kier alpha value is -4.63. The van der Waals surface area contributed by atoms with Gasteiger partial charge in [0.25, 0.3) is 10.0 Å². The molecule has 0 spiro atoms. The number of aryl methyl sites for hydroxylation is 1. The molecule has 0 aromatic heterocycles. The maximum atomic E-state index is 13.9. The van der Waals surface area contributed by atoms with Gasteiger partial charge < -0.3 is 15.0 Å². The molecule has 0 unspecified atom stereocenters.